The zero-order chi connectivity index (χ0) is 26.5. The molecule has 0 spiro atoms. The summed E-state index contributed by atoms with van der Waals surface area (Å²) >= 11 is 0. The van der Waals surface area contributed by atoms with E-state index in [1.54, 1.807) is 24.3 Å². The predicted octanol–water partition coefficient (Wildman–Crippen LogP) is 5.08. The Bertz CT molecular complexity index is 1300. The molecule has 0 aromatic carbocycles. The zero-order valence-corrected chi connectivity index (χ0v) is 19.4. The average molecular weight is 554 g/mol. The Kier molecular flexibility index (Phi) is 6.40. The number of rotatable bonds is 5. The molecule has 0 aromatic rings. The standard InChI is InChI=1S/C22H16F6O6S2/c23-21(24,25)35(29,30)33-17-11-9-13-5-1-3-7-15(13)19(17)20-16-8-4-2-6-14(16)10-12-18(20)34-36(31,32)22(26,27)28/h1-12,15-16,19-20H. The first-order chi connectivity index (χ1) is 16.6. The van der Waals surface area contributed by atoms with Crippen LogP contribution in [0.25, 0.3) is 0 Å². The third-order valence-corrected chi connectivity index (χ3v) is 7.84. The van der Waals surface area contributed by atoms with Gasteiger partial charge in [0.25, 0.3) is 0 Å². The smallest absolute Gasteiger partial charge is 0.380 e. The molecule has 0 N–H and O–H groups in total. The molecule has 0 heterocycles. The average Bonchev–Trinajstić information content (AvgIpc) is 2.77. The van der Waals surface area contributed by atoms with Crippen molar-refractivity contribution in [1.82, 2.24) is 0 Å². The molecule has 0 saturated heterocycles. The van der Waals surface area contributed by atoms with E-state index in [2.05, 4.69) is 8.37 Å². The van der Waals surface area contributed by atoms with E-state index in [1.165, 1.54) is 36.5 Å². The lowest BCUT2D eigenvalue weighted by Gasteiger charge is -2.42. The van der Waals surface area contributed by atoms with Crippen molar-refractivity contribution in [1.29, 1.82) is 0 Å². The molecule has 36 heavy (non-hydrogen) atoms. The lowest BCUT2D eigenvalue weighted by Crippen LogP contribution is -2.39. The third-order valence-electron chi connectivity index (χ3n) is 5.88. The first kappa shape index (κ1) is 26.1. The molecule has 0 radical (unpaired) electrons. The van der Waals surface area contributed by atoms with Crippen LogP contribution in [-0.4, -0.2) is 27.9 Å². The topological polar surface area (TPSA) is 86.7 Å². The van der Waals surface area contributed by atoms with Crippen LogP contribution in [-0.2, 0) is 28.6 Å². The van der Waals surface area contributed by atoms with Crippen LogP contribution in [0.5, 0.6) is 0 Å². The molecule has 0 bridgehead atoms. The molecule has 4 aliphatic carbocycles. The van der Waals surface area contributed by atoms with Crippen molar-refractivity contribution < 1.29 is 51.5 Å². The largest absolute Gasteiger partial charge is 0.534 e. The second-order valence-corrected chi connectivity index (χ2v) is 11.1. The lowest BCUT2D eigenvalue weighted by atomic mass is 9.64. The van der Waals surface area contributed by atoms with Crippen LogP contribution in [0, 0.1) is 23.7 Å². The third kappa shape index (κ3) is 4.71. The van der Waals surface area contributed by atoms with Gasteiger partial charge in [-0.15, -0.1) is 0 Å². The van der Waals surface area contributed by atoms with Gasteiger partial charge in [0.1, 0.15) is 11.5 Å². The van der Waals surface area contributed by atoms with E-state index in [1.807, 2.05) is 0 Å². The number of fused-ring (bicyclic) bond motifs is 2. The van der Waals surface area contributed by atoms with Crippen LogP contribution in [0.1, 0.15) is 0 Å². The molecule has 4 atom stereocenters. The van der Waals surface area contributed by atoms with E-state index in [-0.39, 0.29) is 0 Å². The van der Waals surface area contributed by atoms with E-state index in [4.69, 9.17) is 0 Å². The summed E-state index contributed by atoms with van der Waals surface area (Å²) < 4.78 is 135. The molecule has 4 aliphatic rings. The molecule has 0 amide bonds. The predicted molar refractivity (Wildman–Crippen MR) is 115 cm³/mol. The van der Waals surface area contributed by atoms with E-state index in [0.29, 0.717) is 11.1 Å². The van der Waals surface area contributed by atoms with Crippen molar-refractivity contribution in [3.8, 4) is 0 Å². The molecule has 0 aromatic heterocycles. The van der Waals surface area contributed by atoms with E-state index < -0.39 is 66.4 Å². The summed E-state index contributed by atoms with van der Waals surface area (Å²) in [5.74, 6) is -5.97. The van der Waals surface area contributed by atoms with Gasteiger partial charge in [0.2, 0.25) is 0 Å². The summed E-state index contributed by atoms with van der Waals surface area (Å²) in [6.45, 7) is 0. The zero-order valence-electron chi connectivity index (χ0n) is 17.8. The highest BCUT2D eigenvalue weighted by Crippen LogP contribution is 2.51. The van der Waals surface area contributed by atoms with Crippen LogP contribution in [0.4, 0.5) is 26.3 Å². The highest BCUT2D eigenvalue weighted by Gasteiger charge is 2.54. The van der Waals surface area contributed by atoms with Gasteiger partial charge in [0, 0.05) is 23.7 Å². The highest BCUT2D eigenvalue weighted by atomic mass is 32.2. The van der Waals surface area contributed by atoms with Gasteiger partial charge in [-0.3, -0.25) is 0 Å². The summed E-state index contributed by atoms with van der Waals surface area (Å²) in [6.07, 6.45) is 17.0. The number of allylic oxidation sites excluding steroid dienone is 16. The van der Waals surface area contributed by atoms with Crippen molar-refractivity contribution in [3.63, 3.8) is 0 Å². The Morgan fingerprint density at radius 1 is 0.583 bits per heavy atom. The summed E-state index contributed by atoms with van der Waals surface area (Å²) in [4.78, 5) is 0. The Morgan fingerprint density at radius 2 is 0.944 bits per heavy atom. The van der Waals surface area contributed by atoms with Gasteiger partial charge in [0.05, 0.1) is 0 Å². The second kappa shape index (κ2) is 8.83. The number of alkyl halides is 6. The molecule has 0 saturated carbocycles. The van der Waals surface area contributed by atoms with Crippen LogP contribution >= 0.6 is 0 Å². The van der Waals surface area contributed by atoms with E-state index >= 15 is 0 Å². The van der Waals surface area contributed by atoms with Gasteiger partial charge >= 0.3 is 31.3 Å². The minimum absolute atomic E-state index is 0.490. The van der Waals surface area contributed by atoms with Gasteiger partial charge < -0.3 is 8.37 Å². The van der Waals surface area contributed by atoms with Crippen molar-refractivity contribution in [3.05, 3.63) is 95.6 Å². The fourth-order valence-corrected chi connectivity index (χ4v) is 5.41. The maximum absolute atomic E-state index is 13.1. The van der Waals surface area contributed by atoms with E-state index in [9.17, 15) is 43.2 Å². The van der Waals surface area contributed by atoms with Crippen molar-refractivity contribution in [2.45, 2.75) is 11.0 Å². The molecule has 0 fully saturated rings. The van der Waals surface area contributed by atoms with Crippen molar-refractivity contribution in [2.24, 2.45) is 23.7 Å². The Morgan fingerprint density at radius 3 is 1.28 bits per heavy atom. The summed E-state index contributed by atoms with van der Waals surface area (Å²) in [5.41, 5.74) is -10.6. The van der Waals surface area contributed by atoms with Crippen molar-refractivity contribution >= 4 is 20.2 Å². The fourth-order valence-electron chi connectivity index (χ4n) is 4.38. The first-order valence-electron chi connectivity index (χ1n) is 10.2. The summed E-state index contributed by atoms with van der Waals surface area (Å²) in [5, 5.41) is 0. The van der Waals surface area contributed by atoms with Gasteiger partial charge in [-0.1, -0.05) is 60.8 Å². The molecular formula is C22H16F6O6S2. The SMILES string of the molecule is O=S(=O)(OC1=CC=C2C=CC=CC2C1C1C(OS(=O)(=O)C(F)(F)F)=CC=C2C=CC=CC21)C(F)(F)F. The fraction of sp³-hybridized carbons (Fsp3) is 0.273. The van der Waals surface area contributed by atoms with Crippen LogP contribution in [0.2, 0.25) is 0 Å². The van der Waals surface area contributed by atoms with Gasteiger partial charge in [0.15, 0.2) is 0 Å². The Balaban J connectivity index is 1.86. The molecule has 0 aliphatic heterocycles. The first-order valence-corrected chi connectivity index (χ1v) is 13.0. The highest BCUT2D eigenvalue weighted by molar-refractivity contribution is 7.88. The van der Waals surface area contributed by atoms with Crippen LogP contribution < -0.4 is 0 Å². The molecule has 14 heteroatoms. The molecular weight excluding hydrogens is 538 g/mol. The number of hydrogen-bond donors (Lipinski definition) is 0. The van der Waals surface area contributed by atoms with Crippen LogP contribution in [0.3, 0.4) is 0 Å². The summed E-state index contributed by atoms with van der Waals surface area (Å²) in [6, 6.07) is 0. The lowest BCUT2D eigenvalue weighted by molar-refractivity contribution is -0.0546. The monoisotopic (exact) mass is 554 g/mol. The molecule has 4 unspecified atom stereocenters. The van der Waals surface area contributed by atoms with Gasteiger partial charge in [-0.05, 0) is 23.3 Å². The Labute approximate surface area is 202 Å². The van der Waals surface area contributed by atoms with E-state index in [0.717, 1.165) is 12.2 Å². The number of hydrogen-bond acceptors (Lipinski definition) is 6. The molecule has 6 nitrogen and oxygen atoms in total. The summed E-state index contributed by atoms with van der Waals surface area (Å²) in [7, 11) is -12.3. The minimum Gasteiger partial charge on any atom is -0.380 e. The molecule has 4 rings (SSSR count). The van der Waals surface area contributed by atoms with Crippen LogP contribution in [0.15, 0.2) is 95.6 Å². The quantitative estimate of drug-likeness (QED) is 0.268. The van der Waals surface area contributed by atoms with Crippen molar-refractivity contribution in [2.75, 3.05) is 0 Å². The normalized spacial score (nSPS) is 27.8. The van der Waals surface area contributed by atoms with Gasteiger partial charge in [-0.25, -0.2) is 0 Å². The maximum atomic E-state index is 13.1. The minimum atomic E-state index is -6.16. The second-order valence-electron chi connectivity index (χ2n) is 8.03. The number of halogens is 6. The maximum Gasteiger partial charge on any atom is 0.534 e. The Hall–Kier alpha value is -3.00. The molecule has 194 valence electrons. The van der Waals surface area contributed by atoms with Gasteiger partial charge in [-0.2, -0.15) is 43.2 Å².